The van der Waals surface area contributed by atoms with E-state index in [0.29, 0.717) is 5.56 Å². The zero-order chi connectivity index (χ0) is 29.8. The van der Waals surface area contributed by atoms with Crippen LogP contribution in [-0.2, 0) is 22.4 Å². The maximum Gasteiger partial charge on any atom is 0.155 e. The number of aryl methyl sites for hydroxylation is 1. The van der Waals surface area contributed by atoms with E-state index < -0.39 is 11.6 Å². The maximum absolute atomic E-state index is 12.3. The van der Waals surface area contributed by atoms with Crippen molar-refractivity contribution in [1.29, 1.82) is 0 Å². The van der Waals surface area contributed by atoms with Crippen molar-refractivity contribution in [3.63, 3.8) is 0 Å². The summed E-state index contributed by atoms with van der Waals surface area (Å²) in [6.45, 7) is 7.91. The molecule has 3 fully saturated rings. The number of aromatic nitrogens is 4. The SMILES string of the molecule is COCCN1CCc2nc(N3CCC(=C4[CH]C4)CC3)c(-c3cnn(C4CCCCO4)c3)nc2C1.Cc1ccc(F)cc1F. The van der Waals surface area contributed by atoms with Gasteiger partial charge >= 0.3 is 0 Å². The smallest absolute Gasteiger partial charge is 0.155 e. The van der Waals surface area contributed by atoms with Gasteiger partial charge in [0.05, 0.1) is 24.2 Å². The normalized spacial score (nSPS) is 20.5. The monoisotopic (exact) mass is 591 g/mol. The first kappa shape index (κ1) is 29.8. The Morgan fingerprint density at radius 2 is 1.88 bits per heavy atom. The summed E-state index contributed by atoms with van der Waals surface area (Å²) in [4.78, 5) is 15.3. The van der Waals surface area contributed by atoms with E-state index in [4.69, 9.17) is 19.4 Å². The Kier molecular flexibility index (Phi) is 9.45. The summed E-state index contributed by atoms with van der Waals surface area (Å²) < 4.78 is 37.7. The van der Waals surface area contributed by atoms with Crippen molar-refractivity contribution in [3.8, 4) is 11.3 Å². The van der Waals surface area contributed by atoms with E-state index in [1.807, 2.05) is 10.9 Å². The highest BCUT2D eigenvalue weighted by Gasteiger charge is 2.28. The van der Waals surface area contributed by atoms with E-state index >= 15 is 0 Å². The number of allylic oxidation sites excluding steroid dienone is 1. The van der Waals surface area contributed by atoms with Crippen LogP contribution in [0.25, 0.3) is 11.3 Å². The number of anilines is 1. The van der Waals surface area contributed by atoms with Gasteiger partial charge in [0.2, 0.25) is 0 Å². The van der Waals surface area contributed by atoms with E-state index in [1.165, 1.54) is 25.0 Å². The van der Waals surface area contributed by atoms with Crippen molar-refractivity contribution in [2.45, 2.75) is 64.6 Å². The number of nitrogens with zero attached hydrogens (tertiary/aromatic N) is 6. The molecule has 2 aromatic heterocycles. The lowest BCUT2D eigenvalue weighted by atomic mass is 10.0. The quantitative estimate of drug-likeness (QED) is 0.358. The molecule has 10 heteroatoms. The largest absolute Gasteiger partial charge is 0.383 e. The minimum absolute atomic E-state index is 0.0278. The van der Waals surface area contributed by atoms with E-state index in [2.05, 4.69) is 27.5 Å². The molecule has 0 spiro atoms. The fourth-order valence-corrected chi connectivity index (χ4v) is 5.97. The molecular formula is C33H41F2N6O2. The van der Waals surface area contributed by atoms with Gasteiger partial charge in [-0.2, -0.15) is 5.10 Å². The van der Waals surface area contributed by atoms with Crippen LogP contribution >= 0.6 is 0 Å². The molecule has 3 aromatic rings. The zero-order valence-electron chi connectivity index (χ0n) is 25.2. The topological polar surface area (TPSA) is 68.5 Å². The predicted octanol–water partition coefficient (Wildman–Crippen LogP) is 5.82. The van der Waals surface area contributed by atoms with Crippen LogP contribution in [0.2, 0.25) is 0 Å². The summed E-state index contributed by atoms with van der Waals surface area (Å²) >= 11 is 0. The number of hydrogen-bond acceptors (Lipinski definition) is 7. The summed E-state index contributed by atoms with van der Waals surface area (Å²) in [6, 6.07) is 3.51. The summed E-state index contributed by atoms with van der Waals surface area (Å²) in [7, 11) is 1.76. The lowest BCUT2D eigenvalue weighted by molar-refractivity contribution is -0.0394. The average molecular weight is 592 g/mol. The molecular weight excluding hydrogens is 550 g/mol. The van der Waals surface area contributed by atoms with Gasteiger partial charge in [-0.1, -0.05) is 17.2 Å². The van der Waals surface area contributed by atoms with E-state index in [9.17, 15) is 8.78 Å². The molecule has 3 aliphatic heterocycles. The molecule has 1 atom stereocenters. The van der Waals surface area contributed by atoms with Gasteiger partial charge in [-0.15, -0.1) is 0 Å². The summed E-state index contributed by atoms with van der Waals surface area (Å²) in [5.74, 6) is 0.00475. The molecule has 4 aliphatic rings. The van der Waals surface area contributed by atoms with Crippen LogP contribution in [0.4, 0.5) is 14.6 Å². The van der Waals surface area contributed by atoms with Gasteiger partial charge in [0.25, 0.3) is 0 Å². The Labute approximate surface area is 252 Å². The number of ether oxygens (including phenoxy) is 2. The molecule has 7 rings (SSSR count). The molecule has 8 nitrogen and oxygen atoms in total. The number of piperidine rings is 1. The fourth-order valence-electron chi connectivity index (χ4n) is 5.97. The van der Waals surface area contributed by atoms with Gasteiger partial charge in [0, 0.05) is 70.7 Å². The highest BCUT2D eigenvalue weighted by Crippen LogP contribution is 2.38. The molecule has 1 saturated carbocycles. The van der Waals surface area contributed by atoms with Gasteiger partial charge in [0.1, 0.15) is 23.6 Å². The molecule has 43 heavy (non-hydrogen) atoms. The number of benzene rings is 1. The van der Waals surface area contributed by atoms with Crippen LogP contribution in [0.15, 0.2) is 41.7 Å². The maximum atomic E-state index is 12.3. The molecule has 0 bridgehead atoms. The fraction of sp³-hybridized carbons (Fsp3) is 0.515. The molecule has 1 aromatic carbocycles. The number of hydrogen-bond donors (Lipinski definition) is 0. The van der Waals surface area contributed by atoms with Crippen molar-refractivity contribution in [3.05, 3.63) is 76.7 Å². The van der Waals surface area contributed by atoms with Crippen LogP contribution in [0.5, 0.6) is 0 Å². The highest BCUT2D eigenvalue weighted by atomic mass is 19.1. The van der Waals surface area contributed by atoms with Crippen molar-refractivity contribution < 1.29 is 18.3 Å². The molecule has 1 unspecified atom stereocenters. The number of fused-ring (bicyclic) bond motifs is 1. The van der Waals surface area contributed by atoms with Crippen LogP contribution in [0.3, 0.4) is 0 Å². The second-order valence-corrected chi connectivity index (χ2v) is 11.8. The molecule has 1 radical (unpaired) electrons. The lowest BCUT2D eigenvalue weighted by Gasteiger charge is -2.33. The Balaban J connectivity index is 0.000000315. The third-order valence-corrected chi connectivity index (χ3v) is 8.67. The molecule has 5 heterocycles. The van der Waals surface area contributed by atoms with Crippen LogP contribution in [0, 0.1) is 25.0 Å². The third-order valence-electron chi connectivity index (χ3n) is 8.67. The average Bonchev–Trinajstić information content (AvgIpc) is 3.78. The van der Waals surface area contributed by atoms with Crippen LogP contribution < -0.4 is 4.90 Å². The Bertz CT molecular complexity index is 1440. The van der Waals surface area contributed by atoms with E-state index in [-0.39, 0.29) is 6.23 Å². The van der Waals surface area contributed by atoms with Crippen LogP contribution in [0.1, 0.15) is 61.7 Å². The number of rotatable bonds is 6. The van der Waals surface area contributed by atoms with E-state index in [0.717, 1.165) is 113 Å². The lowest BCUT2D eigenvalue weighted by Crippen LogP contribution is -2.36. The second-order valence-electron chi connectivity index (χ2n) is 11.8. The molecule has 0 N–H and O–H groups in total. The minimum atomic E-state index is -0.530. The van der Waals surface area contributed by atoms with Crippen LogP contribution in [-0.4, -0.2) is 71.2 Å². The number of methoxy groups -OCH3 is 1. The Hall–Kier alpha value is -3.21. The van der Waals surface area contributed by atoms with Gasteiger partial charge in [-0.05, 0) is 63.5 Å². The second kappa shape index (κ2) is 13.6. The van der Waals surface area contributed by atoms with Crippen molar-refractivity contribution >= 4 is 5.82 Å². The van der Waals surface area contributed by atoms with Crippen molar-refractivity contribution in [1.82, 2.24) is 24.6 Å². The summed E-state index contributed by atoms with van der Waals surface area (Å²) in [5.41, 5.74) is 7.93. The summed E-state index contributed by atoms with van der Waals surface area (Å²) in [5, 5.41) is 4.68. The first-order valence-corrected chi connectivity index (χ1v) is 15.5. The van der Waals surface area contributed by atoms with E-state index in [1.54, 1.807) is 25.2 Å². The zero-order valence-corrected chi connectivity index (χ0v) is 25.2. The number of halogens is 2. The third kappa shape index (κ3) is 7.30. The van der Waals surface area contributed by atoms with Crippen molar-refractivity contribution in [2.75, 3.05) is 51.4 Å². The first-order chi connectivity index (χ1) is 21.0. The Morgan fingerprint density at radius 1 is 1.05 bits per heavy atom. The minimum Gasteiger partial charge on any atom is -0.383 e. The van der Waals surface area contributed by atoms with Gasteiger partial charge in [-0.25, -0.2) is 23.4 Å². The molecule has 2 saturated heterocycles. The highest BCUT2D eigenvalue weighted by molar-refractivity contribution is 5.72. The van der Waals surface area contributed by atoms with Gasteiger partial charge < -0.3 is 14.4 Å². The standard InChI is InChI=1S/C26H35N6O2.C7H6F2/c1-33-15-13-30-10-9-22-23(18-30)28-25(21-16-27-32(17-21)24-4-2-3-14-34-24)26(29-22)31-11-7-20(8-12-31)19-5-6-19;1-5-2-3-6(8)4-7(5)9/h5,16-17,24H,2-4,6-15,18H2,1H3;2-4H,1H3. The predicted molar refractivity (Wildman–Crippen MR) is 161 cm³/mol. The van der Waals surface area contributed by atoms with Gasteiger partial charge in [0.15, 0.2) is 5.82 Å². The molecule has 0 amide bonds. The molecule has 229 valence electrons. The van der Waals surface area contributed by atoms with Gasteiger partial charge in [-0.3, -0.25) is 4.90 Å². The first-order valence-electron chi connectivity index (χ1n) is 15.5. The molecule has 1 aliphatic carbocycles. The Morgan fingerprint density at radius 3 is 2.58 bits per heavy atom. The summed E-state index contributed by atoms with van der Waals surface area (Å²) in [6.07, 6.45) is 14.2. The van der Waals surface area contributed by atoms with Crippen molar-refractivity contribution in [2.24, 2.45) is 0 Å².